The van der Waals surface area contributed by atoms with E-state index in [9.17, 15) is 0 Å². The highest BCUT2D eigenvalue weighted by Gasteiger charge is 2.32. The number of nitrogens with one attached hydrogen (secondary N) is 1. The van der Waals surface area contributed by atoms with Gasteiger partial charge in [-0.2, -0.15) is 0 Å². The Labute approximate surface area is 128 Å². The highest BCUT2D eigenvalue weighted by atomic mass is 16.6. The van der Waals surface area contributed by atoms with Gasteiger partial charge in [0.1, 0.15) is 12.4 Å². The van der Waals surface area contributed by atoms with Gasteiger partial charge < -0.3 is 14.8 Å². The number of hydrogen-bond acceptors (Lipinski definition) is 3. The molecule has 0 bridgehead atoms. The van der Waals surface area contributed by atoms with Crippen LogP contribution in [-0.4, -0.2) is 24.4 Å². The second kappa shape index (κ2) is 5.98. The largest absolute Gasteiger partial charge is 0.491 e. The fourth-order valence-corrected chi connectivity index (χ4v) is 2.91. The molecule has 116 valence electrons. The second-order valence-corrected chi connectivity index (χ2v) is 7.12. The molecule has 1 saturated heterocycles. The summed E-state index contributed by atoms with van der Waals surface area (Å²) in [5.41, 5.74) is 2.56. The summed E-state index contributed by atoms with van der Waals surface area (Å²) in [6, 6.07) is 7.16. The molecule has 1 aromatic carbocycles. The quantitative estimate of drug-likeness (QED) is 0.868. The lowest BCUT2D eigenvalue weighted by atomic mass is 10.1. The first-order valence-electron chi connectivity index (χ1n) is 8.15. The molecule has 0 amide bonds. The molecule has 0 radical (unpaired) electrons. The van der Waals surface area contributed by atoms with E-state index < -0.39 is 0 Å². The summed E-state index contributed by atoms with van der Waals surface area (Å²) >= 11 is 0. The lowest BCUT2D eigenvalue weighted by Gasteiger charge is -2.20. The van der Waals surface area contributed by atoms with Crippen molar-refractivity contribution in [1.29, 1.82) is 0 Å². The third-order valence-electron chi connectivity index (χ3n) is 4.35. The van der Waals surface area contributed by atoms with Crippen LogP contribution in [0.2, 0.25) is 0 Å². The predicted molar refractivity (Wildman–Crippen MR) is 84.7 cm³/mol. The zero-order chi connectivity index (χ0) is 14.9. The average Bonchev–Trinajstić information content (AvgIpc) is 3.19. The van der Waals surface area contributed by atoms with E-state index >= 15 is 0 Å². The summed E-state index contributed by atoms with van der Waals surface area (Å²) in [5.74, 6) is 1.00. The number of hydrogen-bond donors (Lipinski definition) is 1. The number of ether oxygens (including phenoxy) is 2. The Morgan fingerprint density at radius 1 is 1.29 bits per heavy atom. The van der Waals surface area contributed by atoms with Crippen molar-refractivity contribution in [1.82, 2.24) is 5.32 Å². The highest BCUT2D eigenvalue weighted by molar-refractivity contribution is 5.37. The van der Waals surface area contributed by atoms with E-state index in [0.29, 0.717) is 6.61 Å². The molecule has 1 aliphatic carbocycles. The molecule has 2 fully saturated rings. The minimum absolute atomic E-state index is 0.0116. The minimum Gasteiger partial charge on any atom is -0.491 e. The molecule has 0 aromatic heterocycles. The van der Waals surface area contributed by atoms with Crippen LogP contribution in [0.15, 0.2) is 18.2 Å². The van der Waals surface area contributed by atoms with E-state index in [2.05, 4.69) is 44.3 Å². The zero-order valence-corrected chi connectivity index (χ0v) is 13.4. The lowest BCUT2D eigenvalue weighted by molar-refractivity contribution is -0.0327. The first-order valence-corrected chi connectivity index (χ1v) is 8.15. The van der Waals surface area contributed by atoms with Crippen molar-refractivity contribution >= 4 is 0 Å². The Kier molecular flexibility index (Phi) is 4.23. The van der Waals surface area contributed by atoms with Gasteiger partial charge in [-0.1, -0.05) is 17.7 Å². The molecule has 3 nitrogen and oxygen atoms in total. The molecular formula is C18H27NO2. The summed E-state index contributed by atoms with van der Waals surface area (Å²) in [4.78, 5) is 0. The Morgan fingerprint density at radius 3 is 2.76 bits per heavy atom. The van der Waals surface area contributed by atoms with Crippen LogP contribution < -0.4 is 10.1 Å². The third-order valence-corrected chi connectivity index (χ3v) is 4.35. The van der Waals surface area contributed by atoms with Gasteiger partial charge in [0.15, 0.2) is 0 Å². The van der Waals surface area contributed by atoms with Crippen LogP contribution in [0.25, 0.3) is 0 Å². The van der Waals surface area contributed by atoms with Crippen molar-refractivity contribution in [2.24, 2.45) is 0 Å². The van der Waals surface area contributed by atoms with Crippen molar-refractivity contribution in [3.05, 3.63) is 29.3 Å². The summed E-state index contributed by atoms with van der Waals surface area (Å²) in [7, 11) is 0. The smallest absolute Gasteiger partial charge is 0.123 e. The fraction of sp³-hybridized carbons (Fsp3) is 0.667. The van der Waals surface area contributed by atoms with Gasteiger partial charge in [-0.25, -0.2) is 0 Å². The number of rotatable bonds is 6. The van der Waals surface area contributed by atoms with E-state index in [1.54, 1.807) is 0 Å². The second-order valence-electron chi connectivity index (χ2n) is 7.12. The highest BCUT2D eigenvalue weighted by Crippen LogP contribution is 2.30. The van der Waals surface area contributed by atoms with Crippen LogP contribution >= 0.6 is 0 Å². The predicted octanol–water partition coefficient (Wildman–Crippen LogP) is 3.58. The molecule has 1 saturated carbocycles. The fourth-order valence-electron chi connectivity index (χ4n) is 2.91. The maximum atomic E-state index is 6.06. The molecule has 0 spiro atoms. The SMILES string of the molecule is Cc1ccc(OCC2CCC(C)(C)O2)c(CNC2CC2)c1. The van der Waals surface area contributed by atoms with Gasteiger partial charge in [0, 0.05) is 18.2 Å². The van der Waals surface area contributed by atoms with Crippen molar-refractivity contribution in [3.8, 4) is 5.75 Å². The summed E-state index contributed by atoms with van der Waals surface area (Å²) < 4.78 is 12.1. The van der Waals surface area contributed by atoms with Crippen LogP contribution in [0.5, 0.6) is 5.75 Å². The molecule has 1 atom stereocenters. The first kappa shape index (κ1) is 14.9. The normalized spacial score (nSPS) is 24.2. The van der Waals surface area contributed by atoms with E-state index in [4.69, 9.17) is 9.47 Å². The maximum absolute atomic E-state index is 6.06. The molecule has 3 rings (SSSR count). The summed E-state index contributed by atoms with van der Waals surface area (Å²) in [5, 5.41) is 3.57. The van der Waals surface area contributed by atoms with Crippen molar-refractivity contribution < 1.29 is 9.47 Å². The monoisotopic (exact) mass is 289 g/mol. The average molecular weight is 289 g/mol. The molecule has 1 aromatic rings. The molecule has 2 aliphatic rings. The molecular weight excluding hydrogens is 262 g/mol. The first-order chi connectivity index (χ1) is 10.0. The van der Waals surface area contributed by atoms with Gasteiger partial charge in [-0.05, 0) is 52.5 Å². The van der Waals surface area contributed by atoms with Crippen molar-refractivity contribution in [2.75, 3.05) is 6.61 Å². The van der Waals surface area contributed by atoms with E-state index in [1.165, 1.54) is 24.0 Å². The maximum Gasteiger partial charge on any atom is 0.123 e. The standard InChI is InChI=1S/C18H27NO2/c1-13-4-7-17(14(10-13)11-19-15-5-6-15)20-12-16-8-9-18(2,3)21-16/h4,7,10,15-16,19H,5-6,8-9,11-12H2,1-3H3. The Balaban J connectivity index is 1.58. The molecule has 21 heavy (non-hydrogen) atoms. The molecule has 1 aliphatic heterocycles. The Bertz CT molecular complexity index is 494. The molecule has 1 unspecified atom stereocenters. The van der Waals surface area contributed by atoms with Crippen LogP contribution in [0, 0.1) is 6.92 Å². The van der Waals surface area contributed by atoms with Crippen molar-refractivity contribution in [3.63, 3.8) is 0 Å². The Hall–Kier alpha value is -1.06. The van der Waals surface area contributed by atoms with Gasteiger partial charge in [0.2, 0.25) is 0 Å². The van der Waals surface area contributed by atoms with Gasteiger partial charge in [-0.3, -0.25) is 0 Å². The van der Waals surface area contributed by atoms with Gasteiger partial charge >= 0.3 is 0 Å². The number of benzene rings is 1. The van der Waals surface area contributed by atoms with E-state index in [-0.39, 0.29) is 11.7 Å². The van der Waals surface area contributed by atoms with E-state index in [0.717, 1.165) is 31.2 Å². The van der Waals surface area contributed by atoms with Gasteiger partial charge in [0.05, 0.1) is 11.7 Å². The third kappa shape index (κ3) is 4.21. The zero-order valence-electron chi connectivity index (χ0n) is 13.4. The summed E-state index contributed by atoms with van der Waals surface area (Å²) in [6.45, 7) is 8.00. The van der Waals surface area contributed by atoms with Gasteiger partial charge in [-0.15, -0.1) is 0 Å². The molecule has 3 heteroatoms. The van der Waals surface area contributed by atoms with Crippen LogP contribution in [0.3, 0.4) is 0 Å². The van der Waals surface area contributed by atoms with Crippen LogP contribution in [-0.2, 0) is 11.3 Å². The van der Waals surface area contributed by atoms with Crippen molar-refractivity contribution in [2.45, 2.75) is 70.7 Å². The van der Waals surface area contributed by atoms with Crippen LogP contribution in [0.1, 0.15) is 50.7 Å². The molecule has 1 heterocycles. The van der Waals surface area contributed by atoms with Gasteiger partial charge in [0.25, 0.3) is 0 Å². The minimum atomic E-state index is 0.0116. The van der Waals surface area contributed by atoms with Crippen LogP contribution in [0.4, 0.5) is 0 Å². The topological polar surface area (TPSA) is 30.5 Å². The summed E-state index contributed by atoms with van der Waals surface area (Å²) in [6.07, 6.45) is 5.06. The van der Waals surface area contributed by atoms with E-state index in [1.807, 2.05) is 0 Å². The lowest BCUT2D eigenvalue weighted by Crippen LogP contribution is -2.24. The number of aryl methyl sites for hydroxylation is 1. The Morgan fingerprint density at radius 2 is 2.10 bits per heavy atom. The molecule has 1 N–H and O–H groups in total.